The topological polar surface area (TPSA) is 87.7 Å². The third kappa shape index (κ3) is 6.69. The van der Waals surface area contributed by atoms with Crippen LogP contribution in [0.25, 0.3) is 0 Å². The van der Waals surface area contributed by atoms with Crippen LogP contribution in [0.4, 0.5) is 0 Å². The van der Waals surface area contributed by atoms with Gasteiger partial charge in [-0.15, -0.1) is 0 Å². The summed E-state index contributed by atoms with van der Waals surface area (Å²) in [5, 5.41) is 0. The molecule has 1 aliphatic heterocycles. The molecule has 0 bridgehead atoms. The van der Waals surface area contributed by atoms with Crippen LogP contribution in [0.1, 0.15) is 66.2 Å². The fraction of sp³-hybridized carbons (Fsp3) is 0.947. The Morgan fingerprint density at radius 1 is 1.19 bits per heavy atom. The van der Waals surface area contributed by atoms with Crippen LogP contribution in [0.15, 0.2) is 0 Å². The molecule has 8 heteroatoms. The number of carbonyl (C=O) groups is 1. The lowest BCUT2D eigenvalue weighted by molar-refractivity contribution is -0.136. The molecule has 0 aromatic heterocycles. The van der Waals surface area contributed by atoms with Gasteiger partial charge in [0.25, 0.3) is 10.2 Å². The lowest BCUT2D eigenvalue weighted by Gasteiger charge is -2.42. The van der Waals surface area contributed by atoms with Gasteiger partial charge in [-0.25, -0.2) is 4.72 Å². The third-order valence-corrected chi connectivity index (χ3v) is 7.27. The maximum atomic E-state index is 12.2. The van der Waals surface area contributed by atoms with Crippen LogP contribution in [0.2, 0.25) is 0 Å². The second-order valence-electron chi connectivity index (χ2n) is 8.26. The van der Waals surface area contributed by atoms with Gasteiger partial charge >= 0.3 is 0 Å². The number of hydrogen-bond donors (Lipinski definition) is 2. The minimum Gasteiger partial charge on any atom is -0.376 e. The Balaban J connectivity index is 1.98. The number of nitrogens with zero attached hydrogens (tertiary/aromatic N) is 1. The highest BCUT2D eigenvalue weighted by Crippen LogP contribution is 2.31. The van der Waals surface area contributed by atoms with E-state index in [1.165, 1.54) is 12.8 Å². The first-order chi connectivity index (χ1) is 12.7. The average Bonchev–Trinajstić information content (AvgIpc) is 2.60. The average molecular weight is 404 g/mol. The van der Waals surface area contributed by atoms with E-state index in [0.29, 0.717) is 32.0 Å². The standard InChI is InChI=1S/C19H37N3O4S/c1-5-20-27(24,25)21-18-7-6-12-22(15(4)23)19(18)13-26-17-10-8-16(9-11-17)14(2)3/h14,16-21H,5-13H2,1-4H3/t16-,17+,18-,19-/m0/s1. The molecule has 2 rings (SSSR count). The van der Waals surface area contributed by atoms with E-state index in [9.17, 15) is 13.2 Å². The molecule has 0 unspecified atom stereocenters. The molecule has 7 nitrogen and oxygen atoms in total. The molecular weight excluding hydrogens is 366 g/mol. The van der Waals surface area contributed by atoms with Crippen molar-refractivity contribution >= 4 is 16.1 Å². The van der Waals surface area contributed by atoms with Crippen LogP contribution in [0.5, 0.6) is 0 Å². The first kappa shape index (κ1) is 22.6. The summed E-state index contributed by atoms with van der Waals surface area (Å²) in [6.45, 7) is 9.22. The summed E-state index contributed by atoms with van der Waals surface area (Å²) in [4.78, 5) is 13.9. The number of hydrogen-bond acceptors (Lipinski definition) is 4. The van der Waals surface area contributed by atoms with Crippen LogP contribution in [0.3, 0.4) is 0 Å². The Morgan fingerprint density at radius 3 is 2.41 bits per heavy atom. The second kappa shape index (κ2) is 10.2. The smallest absolute Gasteiger partial charge is 0.277 e. The summed E-state index contributed by atoms with van der Waals surface area (Å²) in [6, 6.07) is -0.578. The van der Waals surface area contributed by atoms with Gasteiger partial charge < -0.3 is 9.64 Å². The number of amides is 1. The normalized spacial score (nSPS) is 29.9. The monoisotopic (exact) mass is 403 g/mol. The summed E-state index contributed by atoms with van der Waals surface area (Å²) in [5.74, 6) is 1.45. The summed E-state index contributed by atoms with van der Waals surface area (Å²) in [6.07, 6.45) is 6.16. The van der Waals surface area contributed by atoms with Crippen molar-refractivity contribution in [2.75, 3.05) is 19.7 Å². The van der Waals surface area contributed by atoms with Crippen molar-refractivity contribution in [2.24, 2.45) is 11.8 Å². The molecule has 1 saturated heterocycles. The molecule has 0 aromatic carbocycles. The van der Waals surface area contributed by atoms with E-state index >= 15 is 0 Å². The summed E-state index contributed by atoms with van der Waals surface area (Å²) >= 11 is 0. The van der Waals surface area contributed by atoms with Gasteiger partial charge in [0, 0.05) is 26.1 Å². The Bertz CT molecular complexity index is 574. The molecule has 0 aromatic rings. The van der Waals surface area contributed by atoms with Crippen molar-refractivity contribution < 1.29 is 17.9 Å². The molecule has 1 aliphatic carbocycles. The van der Waals surface area contributed by atoms with Crippen molar-refractivity contribution in [3.8, 4) is 0 Å². The van der Waals surface area contributed by atoms with Crippen LogP contribution in [-0.4, -0.2) is 57.1 Å². The Hall–Kier alpha value is -0.700. The predicted molar refractivity (Wildman–Crippen MR) is 106 cm³/mol. The molecule has 2 fully saturated rings. The van der Waals surface area contributed by atoms with Gasteiger partial charge in [-0.2, -0.15) is 13.1 Å². The lowest BCUT2D eigenvalue weighted by Crippen LogP contribution is -2.60. The number of likely N-dealkylation sites (tertiary alicyclic amines) is 1. The first-order valence-electron chi connectivity index (χ1n) is 10.4. The van der Waals surface area contributed by atoms with Crippen molar-refractivity contribution in [3.63, 3.8) is 0 Å². The minimum atomic E-state index is -3.57. The van der Waals surface area contributed by atoms with E-state index in [-0.39, 0.29) is 24.1 Å². The van der Waals surface area contributed by atoms with Crippen molar-refractivity contribution in [1.29, 1.82) is 0 Å². The van der Waals surface area contributed by atoms with Crippen LogP contribution < -0.4 is 9.44 Å². The van der Waals surface area contributed by atoms with E-state index in [0.717, 1.165) is 25.2 Å². The Labute approximate surface area is 164 Å². The van der Waals surface area contributed by atoms with Gasteiger partial charge in [-0.3, -0.25) is 4.79 Å². The molecule has 1 amide bonds. The van der Waals surface area contributed by atoms with E-state index in [1.807, 2.05) is 0 Å². The molecule has 0 spiro atoms. The van der Waals surface area contributed by atoms with E-state index in [1.54, 1.807) is 18.7 Å². The van der Waals surface area contributed by atoms with Crippen molar-refractivity contribution in [1.82, 2.24) is 14.3 Å². The molecule has 1 heterocycles. The Kier molecular flexibility index (Phi) is 8.52. The van der Waals surface area contributed by atoms with E-state index in [2.05, 4.69) is 23.3 Å². The zero-order chi connectivity index (χ0) is 20.0. The zero-order valence-electron chi connectivity index (χ0n) is 17.2. The fourth-order valence-corrected chi connectivity index (χ4v) is 5.52. The fourth-order valence-electron chi connectivity index (χ4n) is 4.38. The number of rotatable bonds is 8. The molecule has 27 heavy (non-hydrogen) atoms. The number of nitrogens with one attached hydrogen (secondary N) is 2. The maximum Gasteiger partial charge on any atom is 0.277 e. The first-order valence-corrected chi connectivity index (χ1v) is 11.9. The number of ether oxygens (including phenoxy) is 1. The highest BCUT2D eigenvalue weighted by molar-refractivity contribution is 7.87. The molecule has 2 N–H and O–H groups in total. The molecule has 1 saturated carbocycles. The minimum absolute atomic E-state index is 0.0283. The molecule has 158 valence electrons. The molecular formula is C19H37N3O4S. The van der Waals surface area contributed by atoms with Crippen LogP contribution >= 0.6 is 0 Å². The van der Waals surface area contributed by atoms with Gasteiger partial charge in [0.05, 0.1) is 18.8 Å². The summed E-state index contributed by atoms with van der Waals surface area (Å²) < 4.78 is 35.7. The molecule has 2 aliphatic rings. The van der Waals surface area contributed by atoms with Gasteiger partial charge in [-0.1, -0.05) is 20.8 Å². The Morgan fingerprint density at radius 2 is 1.85 bits per heavy atom. The van der Waals surface area contributed by atoms with Crippen molar-refractivity contribution in [2.45, 2.75) is 84.4 Å². The summed E-state index contributed by atoms with van der Waals surface area (Å²) in [7, 11) is -3.57. The van der Waals surface area contributed by atoms with Gasteiger partial charge in [-0.05, 0) is 50.4 Å². The van der Waals surface area contributed by atoms with Crippen molar-refractivity contribution in [3.05, 3.63) is 0 Å². The number of piperidine rings is 1. The molecule has 0 radical (unpaired) electrons. The predicted octanol–water partition coefficient (Wildman–Crippen LogP) is 2.04. The van der Waals surface area contributed by atoms with Crippen LogP contribution in [-0.2, 0) is 19.7 Å². The van der Waals surface area contributed by atoms with Gasteiger partial charge in [0.15, 0.2) is 0 Å². The highest BCUT2D eigenvalue weighted by atomic mass is 32.2. The summed E-state index contributed by atoms with van der Waals surface area (Å²) in [5.41, 5.74) is 0. The van der Waals surface area contributed by atoms with E-state index < -0.39 is 10.2 Å². The van der Waals surface area contributed by atoms with Gasteiger partial charge in [0.2, 0.25) is 5.91 Å². The highest BCUT2D eigenvalue weighted by Gasteiger charge is 2.36. The largest absolute Gasteiger partial charge is 0.376 e. The second-order valence-corrected chi connectivity index (χ2v) is 9.79. The van der Waals surface area contributed by atoms with E-state index in [4.69, 9.17) is 4.74 Å². The maximum absolute atomic E-state index is 12.2. The zero-order valence-corrected chi connectivity index (χ0v) is 18.1. The quantitative estimate of drug-likeness (QED) is 0.649. The van der Waals surface area contributed by atoms with Crippen LogP contribution in [0, 0.1) is 11.8 Å². The SMILES string of the molecule is CCNS(=O)(=O)N[C@H]1CCCN(C(C)=O)[C@H]1CO[C@H]1CC[C@@H](C(C)C)CC1. The third-order valence-electron chi connectivity index (χ3n) is 5.99. The number of carbonyl (C=O) groups excluding carboxylic acids is 1. The lowest BCUT2D eigenvalue weighted by atomic mass is 9.80. The van der Waals surface area contributed by atoms with Gasteiger partial charge in [0.1, 0.15) is 0 Å². The molecule has 2 atom stereocenters.